The summed E-state index contributed by atoms with van der Waals surface area (Å²) in [4.78, 5) is 13.8. The maximum Gasteiger partial charge on any atom is 0.337 e. The lowest BCUT2D eigenvalue weighted by molar-refractivity contribution is 0.0698. The fourth-order valence-corrected chi connectivity index (χ4v) is 3.15. The number of hydrogen-bond donors (Lipinski definition) is 2. The molecular formula is C17H26N2O2. The molecule has 0 saturated carbocycles. The van der Waals surface area contributed by atoms with Crippen LogP contribution in [0.1, 0.15) is 43.5 Å². The fraction of sp³-hybridized carbons (Fsp3) is 0.588. The van der Waals surface area contributed by atoms with Gasteiger partial charge in [-0.05, 0) is 63.9 Å². The van der Waals surface area contributed by atoms with Crippen molar-refractivity contribution in [1.82, 2.24) is 4.90 Å². The maximum absolute atomic E-state index is 11.2. The summed E-state index contributed by atoms with van der Waals surface area (Å²) in [5.41, 5.74) is 1.08. The van der Waals surface area contributed by atoms with Gasteiger partial charge >= 0.3 is 5.97 Å². The quantitative estimate of drug-likeness (QED) is 0.844. The summed E-state index contributed by atoms with van der Waals surface area (Å²) < 4.78 is 0. The minimum atomic E-state index is -0.872. The lowest BCUT2D eigenvalue weighted by Gasteiger charge is -2.35. The van der Waals surface area contributed by atoms with Crippen LogP contribution < -0.4 is 5.32 Å². The number of anilines is 1. The number of benzene rings is 1. The number of para-hydroxylation sites is 1. The standard InChI is InChI=1S/C17H26N2O2/c1-3-10-19-11-8-14(9-12-19)13(2)18-16-7-5-4-6-15(16)17(20)21/h4-7,13-14,18H,3,8-12H2,1-2H3,(H,20,21). The summed E-state index contributed by atoms with van der Waals surface area (Å²) in [6.07, 6.45) is 3.58. The number of aromatic carboxylic acids is 1. The van der Waals surface area contributed by atoms with Crippen LogP contribution in [0.5, 0.6) is 0 Å². The Balaban J connectivity index is 1.93. The van der Waals surface area contributed by atoms with Crippen LogP contribution in [0.3, 0.4) is 0 Å². The van der Waals surface area contributed by atoms with Crippen LogP contribution in [0.2, 0.25) is 0 Å². The zero-order valence-electron chi connectivity index (χ0n) is 13.0. The van der Waals surface area contributed by atoms with Crippen LogP contribution in [0, 0.1) is 5.92 Å². The molecule has 1 aromatic rings. The molecule has 2 N–H and O–H groups in total. The van der Waals surface area contributed by atoms with E-state index in [0.717, 1.165) is 18.8 Å². The van der Waals surface area contributed by atoms with Gasteiger partial charge in [0.2, 0.25) is 0 Å². The Hall–Kier alpha value is -1.55. The van der Waals surface area contributed by atoms with E-state index in [0.29, 0.717) is 17.5 Å². The van der Waals surface area contributed by atoms with Crippen molar-refractivity contribution in [3.8, 4) is 0 Å². The van der Waals surface area contributed by atoms with Crippen molar-refractivity contribution in [2.24, 2.45) is 5.92 Å². The highest BCUT2D eigenvalue weighted by atomic mass is 16.4. The molecule has 0 amide bonds. The molecule has 1 saturated heterocycles. The van der Waals surface area contributed by atoms with Gasteiger partial charge in [-0.1, -0.05) is 19.1 Å². The highest BCUT2D eigenvalue weighted by Crippen LogP contribution is 2.25. The third kappa shape index (κ3) is 4.21. The Kier molecular flexibility index (Phi) is 5.62. The Morgan fingerprint density at radius 2 is 2.05 bits per heavy atom. The molecule has 2 rings (SSSR count). The van der Waals surface area contributed by atoms with Crippen molar-refractivity contribution in [1.29, 1.82) is 0 Å². The topological polar surface area (TPSA) is 52.6 Å². The van der Waals surface area contributed by atoms with Crippen LogP contribution in [-0.2, 0) is 0 Å². The van der Waals surface area contributed by atoms with Crippen molar-refractivity contribution in [3.05, 3.63) is 29.8 Å². The molecule has 0 spiro atoms. The lowest BCUT2D eigenvalue weighted by Crippen LogP contribution is -2.39. The van der Waals surface area contributed by atoms with E-state index in [1.807, 2.05) is 12.1 Å². The molecule has 4 heteroatoms. The van der Waals surface area contributed by atoms with E-state index < -0.39 is 5.97 Å². The summed E-state index contributed by atoms with van der Waals surface area (Å²) in [7, 11) is 0. The lowest BCUT2D eigenvalue weighted by atomic mass is 9.90. The second-order valence-electron chi connectivity index (χ2n) is 5.96. The van der Waals surface area contributed by atoms with Crippen LogP contribution in [0.4, 0.5) is 5.69 Å². The summed E-state index contributed by atoms with van der Waals surface area (Å²) in [6.45, 7) is 7.89. The molecule has 116 valence electrons. The number of hydrogen-bond acceptors (Lipinski definition) is 3. The van der Waals surface area contributed by atoms with Gasteiger partial charge in [-0.3, -0.25) is 0 Å². The van der Waals surface area contributed by atoms with Gasteiger partial charge < -0.3 is 15.3 Å². The first-order valence-electron chi connectivity index (χ1n) is 7.93. The average Bonchev–Trinajstić information content (AvgIpc) is 2.48. The molecule has 0 bridgehead atoms. The molecule has 1 fully saturated rings. The zero-order chi connectivity index (χ0) is 15.2. The van der Waals surface area contributed by atoms with Crippen LogP contribution in [0.15, 0.2) is 24.3 Å². The highest BCUT2D eigenvalue weighted by molar-refractivity contribution is 5.94. The number of nitrogens with zero attached hydrogens (tertiary/aromatic N) is 1. The number of nitrogens with one attached hydrogen (secondary N) is 1. The minimum Gasteiger partial charge on any atom is -0.478 e. The molecule has 0 aromatic heterocycles. The van der Waals surface area contributed by atoms with Gasteiger partial charge in [-0.25, -0.2) is 4.79 Å². The number of carboxylic acids is 1. The normalized spacial score (nSPS) is 18.4. The van der Waals surface area contributed by atoms with E-state index in [1.54, 1.807) is 12.1 Å². The third-order valence-corrected chi connectivity index (χ3v) is 4.42. The summed E-state index contributed by atoms with van der Waals surface area (Å²) in [5.74, 6) is -0.261. The minimum absolute atomic E-state index is 0.300. The molecule has 1 heterocycles. The van der Waals surface area contributed by atoms with Gasteiger partial charge in [-0.2, -0.15) is 0 Å². The first kappa shape index (κ1) is 15.8. The monoisotopic (exact) mass is 290 g/mol. The Labute approximate surface area is 127 Å². The van der Waals surface area contributed by atoms with Gasteiger partial charge in [-0.15, -0.1) is 0 Å². The molecule has 1 aliphatic rings. The van der Waals surface area contributed by atoms with Crippen molar-refractivity contribution in [3.63, 3.8) is 0 Å². The fourth-order valence-electron chi connectivity index (χ4n) is 3.15. The first-order chi connectivity index (χ1) is 10.1. The van der Waals surface area contributed by atoms with Crippen LogP contribution in [-0.4, -0.2) is 41.7 Å². The third-order valence-electron chi connectivity index (χ3n) is 4.42. The molecule has 21 heavy (non-hydrogen) atoms. The molecule has 1 unspecified atom stereocenters. The number of likely N-dealkylation sites (tertiary alicyclic amines) is 1. The smallest absolute Gasteiger partial charge is 0.337 e. The predicted octanol–water partition coefficient (Wildman–Crippen LogP) is 3.31. The molecule has 4 nitrogen and oxygen atoms in total. The second kappa shape index (κ2) is 7.46. The molecule has 0 aliphatic carbocycles. The van der Waals surface area contributed by atoms with E-state index >= 15 is 0 Å². The van der Waals surface area contributed by atoms with E-state index in [9.17, 15) is 9.90 Å². The van der Waals surface area contributed by atoms with E-state index in [1.165, 1.54) is 25.8 Å². The maximum atomic E-state index is 11.2. The SMILES string of the molecule is CCCN1CCC(C(C)Nc2ccccc2C(=O)O)CC1. The number of piperidine rings is 1. The second-order valence-corrected chi connectivity index (χ2v) is 5.96. The largest absolute Gasteiger partial charge is 0.478 e. The van der Waals surface area contributed by atoms with Crippen molar-refractivity contribution >= 4 is 11.7 Å². The van der Waals surface area contributed by atoms with Gasteiger partial charge in [0.15, 0.2) is 0 Å². The molecule has 1 atom stereocenters. The van der Waals surface area contributed by atoms with E-state index in [2.05, 4.69) is 24.1 Å². The highest BCUT2D eigenvalue weighted by Gasteiger charge is 2.24. The first-order valence-corrected chi connectivity index (χ1v) is 7.93. The predicted molar refractivity (Wildman–Crippen MR) is 85.9 cm³/mol. The number of carboxylic acid groups (broad SMARTS) is 1. The summed E-state index contributed by atoms with van der Waals surface area (Å²) in [6, 6.07) is 7.45. The van der Waals surface area contributed by atoms with Crippen molar-refractivity contribution < 1.29 is 9.90 Å². The van der Waals surface area contributed by atoms with Crippen molar-refractivity contribution in [2.45, 2.75) is 39.2 Å². The van der Waals surface area contributed by atoms with Crippen LogP contribution in [0.25, 0.3) is 0 Å². The van der Waals surface area contributed by atoms with Crippen LogP contribution >= 0.6 is 0 Å². The molecular weight excluding hydrogens is 264 g/mol. The zero-order valence-corrected chi connectivity index (χ0v) is 13.0. The van der Waals surface area contributed by atoms with Gasteiger partial charge in [0, 0.05) is 11.7 Å². The van der Waals surface area contributed by atoms with E-state index in [4.69, 9.17) is 0 Å². The Bertz CT molecular complexity index is 468. The molecule has 1 aliphatic heterocycles. The Morgan fingerprint density at radius 1 is 1.38 bits per heavy atom. The molecule has 1 aromatic carbocycles. The van der Waals surface area contributed by atoms with Crippen molar-refractivity contribution in [2.75, 3.05) is 25.0 Å². The van der Waals surface area contributed by atoms with Gasteiger partial charge in [0.25, 0.3) is 0 Å². The molecule has 0 radical (unpaired) electrons. The van der Waals surface area contributed by atoms with Gasteiger partial charge in [0.05, 0.1) is 5.56 Å². The Morgan fingerprint density at radius 3 is 2.67 bits per heavy atom. The van der Waals surface area contributed by atoms with E-state index in [-0.39, 0.29) is 0 Å². The van der Waals surface area contributed by atoms with Gasteiger partial charge in [0.1, 0.15) is 0 Å². The number of carbonyl (C=O) groups is 1. The number of rotatable bonds is 6. The summed E-state index contributed by atoms with van der Waals surface area (Å²) >= 11 is 0. The average molecular weight is 290 g/mol. The summed E-state index contributed by atoms with van der Waals surface area (Å²) in [5, 5.41) is 12.6.